The second-order valence-corrected chi connectivity index (χ2v) is 15.6. The number of fused-ring (bicyclic) bond motifs is 14. The number of aryl methyl sites for hydroxylation is 2. The van der Waals surface area contributed by atoms with Crippen LogP contribution in [0, 0.1) is 11.3 Å². The molecule has 0 saturated carbocycles. The summed E-state index contributed by atoms with van der Waals surface area (Å²) in [5.41, 5.74) is 8.45. The van der Waals surface area contributed by atoms with Crippen molar-refractivity contribution in [3.05, 3.63) is 169 Å². The maximum absolute atomic E-state index is 15.3. The van der Waals surface area contributed by atoms with Crippen LogP contribution in [0.15, 0.2) is 158 Å². The first-order valence-corrected chi connectivity index (χ1v) is 19.8. The van der Waals surface area contributed by atoms with E-state index in [9.17, 15) is 5.26 Å². The van der Waals surface area contributed by atoms with E-state index in [0.29, 0.717) is 22.5 Å². The molecule has 12 rings (SSSR count). The van der Waals surface area contributed by atoms with Gasteiger partial charge in [0.25, 0.3) is 0 Å². The number of hydrogen-bond acceptors (Lipinski definition) is 1. The molecule has 5 nitrogen and oxygen atoms in total. The van der Waals surface area contributed by atoms with E-state index < -0.39 is 11.7 Å². The summed E-state index contributed by atoms with van der Waals surface area (Å²) in [6.07, 6.45) is -4.66. The largest absolute Gasteiger partial charge is 0.417 e. The van der Waals surface area contributed by atoms with Gasteiger partial charge in [0.05, 0.1) is 55.6 Å². The molecule has 0 atom stereocenters. The molecule has 8 aromatic carbocycles. The molecule has 0 spiro atoms. The third-order valence-corrected chi connectivity index (χ3v) is 12.7. The molecule has 0 aliphatic rings. The van der Waals surface area contributed by atoms with Crippen LogP contribution in [0.2, 0.25) is 0 Å². The number of nitrogens with zero attached hydrogens (tertiary/aromatic N) is 5. The van der Waals surface area contributed by atoms with Crippen LogP contribution in [-0.4, -0.2) is 18.3 Å². The minimum atomic E-state index is -4.66. The summed E-state index contributed by atoms with van der Waals surface area (Å²) in [5.74, 6) is 0. The van der Waals surface area contributed by atoms with Crippen LogP contribution in [0.1, 0.15) is 11.1 Å². The van der Waals surface area contributed by atoms with E-state index in [2.05, 4.69) is 85.0 Å². The monoisotopic (exact) mass is 783 g/mol. The first kappa shape index (κ1) is 34.3. The van der Waals surface area contributed by atoms with E-state index in [1.165, 1.54) is 6.07 Å². The second-order valence-electron chi connectivity index (χ2n) is 15.6. The quantitative estimate of drug-likeness (QED) is 0.176. The van der Waals surface area contributed by atoms with Gasteiger partial charge in [0, 0.05) is 73.8 Å². The van der Waals surface area contributed by atoms with Crippen LogP contribution in [0.3, 0.4) is 0 Å². The van der Waals surface area contributed by atoms with Crippen molar-refractivity contribution in [1.29, 1.82) is 5.26 Å². The highest BCUT2D eigenvalue weighted by molar-refractivity contribution is 6.27. The molecule has 60 heavy (non-hydrogen) atoms. The van der Waals surface area contributed by atoms with E-state index in [1.807, 2.05) is 80.8 Å². The number of nitriles is 1. The topological polar surface area (TPSA) is 43.5 Å². The summed E-state index contributed by atoms with van der Waals surface area (Å²) in [7, 11) is 4.08. The fourth-order valence-electron chi connectivity index (χ4n) is 10.1. The Hall–Kier alpha value is -7.76. The maximum atomic E-state index is 15.3. The number of benzene rings is 8. The van der Waals surface area contributed by atoms with Crippen LogP contribution in [0.5, 0.6) is 0 Å². The van der Waals surface area contributed by atoms with Crippen molar-refractivity contribution in [2.45, 2.75) is 6.18 Å². The normalized spacial score (nSPS) is 12.4. The molecular formula is C52H32F3N5. The first-order valence-electron chi connectivity index (χ1n) is 19.8. The number of para-hydroxylation sites is 4. The van der Waals surface area contributed by atoms with Crippen molar-refractivity contribution in [2.75, 3.05) is 0 Å². The minimum Gasteiger partial charge on any atom is -0.344 e. The zero-order valence-electron chi connectivity index (χ0n) is 32.4. The lowest BCUT2D eigenvalue weighted by atomic mass is 9.95. The van der Waals surface area contributed by atoms with Gasteiger partial charge in [0.2, 0.25) is 0 Å². The van der Waals surface area contributed by atoms with Gasteiger partial charge in [-0.25, -0.2) is 0 Å². The summed E-state index contributed by atoms with van der Waals surface area (Å²) < 4.78 is 54.4. The predicted octanol–water partition coefficient (Wildman–Crippen LogP) is 13.7. The average Bonchev–Trinajstić information content (AvgIpc) is 3.98. The van der Waals surface area contributed by atoms with Crippen LogP contribution in [0.4, 0.5) is 13.2 Å². The SMILES string of the molecule is Cn1c2ccccc2c2c1ccc1c3ccccc3n(-c3cc(-c4ccccc4C(F)(F)F)c(-n4c5ccccc5c5ccc6c(c7ccccc7n6C)c54)cc3C#N)c12. The van der Waals surface area contributed by atoms with Gasteiger partial charge in [-0.05, 0) is 60.2 Å². The highest BCUT2D eigenvalue weighted by Gasteiger charge is 2.35. The van der Waals surface area contributed by atoms with E-state index in [1.54, 1.807) is 18.2 Å². The molecule has 0 radical (unpaired) electrons. The molecule has 4 heterocycles. The lowest BCUT2D eigenvalue weighted by Gasteiger charge is -2.21. The Morgan fingerprint density at radius 2 is 0.883 bits per heavy atom. The van der Waals surface area contributed by atoms with Gasteiger partial charge < -0.3 is 18.3 Å². The molecule has 286 valence electrons. The van der Waals surface area contributed by atoms with Crippen molar-refractivity contribution < 1.29 is 13.2 Å². The van der Waals surface area contributed by atoms with Crippen molar-refractivity contribution >= 4 is 87.2 Å². The minimum absolute atomic E-state index is 0.0258. The predicted molar refractivity (Wildman–Crippen MR) is 238 cm³/mol. The Bertz CT molecular complexity index is 3860. The number of alkyl halides is 3. The number of rotatable bonds is 3. The summed E-state index contributed by atoms with van der Waals surface area (Å²) in [6.45, 7) is 0. The highest BCUT2D eigenvalue weighted by atomic mass is 19.4. The van der Waals surface area contributed by atoms with Crippen molar-refractivity contribution in [1.82, 2.24) is 18.3 Å². The van der Waals surface area contributed by atoms with Gasteiger partial charge in [0.15, 0.2) is 0 Å². The third kappa shape index (κ3) is 4.46. The van der Waals surface area contributed by atoms with Gasteiger partial charge in [-0.1, -0.05) is 103 Å². The zero-order valence-corrected chi connectivity index (χ0v) is 32.4. The van der Waals surface area contributed by atoms with Gasteiger partial charge in [-0.2, -0.15) is 18.4 Å². The molecule has 0 saturated heterocycles. The van der Waals surface area contributed by atoms with E-state index in [4.69, 9.17) is 0 Å². The number of aromatic nitrogens is 4. The van der Waals surface area contributed by atoms with E-state index in [-0.39, 0.29) is 5.56 Å². The Morgan fingerprint density at radius 3 is 1.40 bits per heavy atom. The lowest BCUT2D eigenvalue weighted by Crippen LogP contribution is -2.09. The van der Waals surface area contributed by atoms with Crippen molar-refractivity contribution in [2.24, 2.45) is 14.1 Å². The van der Waals surface area contributed by atoms with E-state index >= 15 is 13.2 Å². The molecule has 0 unspecified atom stereocenters. The Kier molecular flexibility index (Phi) is 6.94. The number of halogens is 3. The molecule has 0 aliphatic carbocycles. The summed E-state index contributed by atoms with van der Waals surface area (Å²) in [6, 6.07) is 52.9. The van der Waals surface area contributed by atoms with Crippen LogP contribution >= 0.6 is 0 Å². The molecule has 0 N–H and O–H groups in total. The zero-order chi connectivity index (χ0) is 40.6. The fraction of sp³-hybridized carbons (Fsp3) is 0.0577. The average molecular weight is 784 g/mol. The van der Waals surface area contributed by atoms with Gasteiger partial charge in [0.1, 0.15) is 6.07 Å². The fourth-order valence-corrected chi connectivity index (χ4v) is 10.1. The Morgan fingerprint density at radius 1 is 0.433 bits per heavy atom. The molecule has 0 amide bonds. The smallest absolute Gasteiger partial charge is 0.344 e. The summed E-state index contributed by atoms with van der Waals surface area (Å²) >= 11 is 0. The lowest BCUT2D eigenvalue weighted by molar-refractivity contribution is -0.137. The van der Waals surface area contributed by atoms with Crippen LogP contribution < -0.4 is 0 Å². The highest BCUT2D eigenvalue weighted by Crippen LogP contribution is 2.47. The second kappa shape index (κ2) is 12.1. The first-order chi connectivity index (χ1) is 29.2. The molecule has 8 heteroatoms. The summed E-state index contributed by atoms with van der Waals surface area (Å²) in [4.78, 5) is 0. The van der Waals surface area contributed by atoms with E-state index in [0.717, 1.165) is 93.3 Å². The Labute approximate surface area is 340 Å². The maximum Gasteiger partial charge on any atom is 0.417 e. The summed E-state index contributed by atoms with van der Waals surface area (Å²) in [5, 5.41) is 19.3. The third-order valence-electron chi connectivity index (χ3n) is 12.7. The molecule has 12 aromatic rings. The standard InChI is InChI=1S/C52H32F3N5/c1-57-40-19-9-6-16-36(40)48-44(57)25-23-34-32-14-4-11-21-42(32)59(50(34)48)46-28-38(31-13-3-8-18-39(31)52(53,54)55)47(27-30(46)29-56)60-43-22-12-5-15-33(43)35-24-26-45-49(51(35)60)37-17-7-10-20-41(37)58(45)2/h3-28H,1-2H3. The van der Waals surface area contributed by atoms with Crippen molar-refractivity contribution in [3.8, 4) is 28.6 Å². The molecule has 4 aromatic heterocycles. The molecular weight excluding hydrogens is 752 g/mol. The van der Waals surface area contributed by atoms with Gasteiger partial charge in [-0.3, -0.25) is 0 Å². The number of hydrogen-bond donors (Lipinski definition) is 0. The van der Waals surface area contributed by atoms with Gasteiger partial charge in [-0.15, -0.1) is 0 Å². The van der Waals surface area contributed by atoms with Gasteiger partial charge >= 0.3 is 6.18 Å². The van der Waals surface area contributed by atoms with Crippen LogP contribution in [-0.2, 0) is 20.3 Å². The molecule has 0 fully saturated rings. The Balaban J connectivity index is 1.30. The van der Waals surface area contributed by atoms with Crippen molar-refractivity contribution in [3.63, 3.8) is 0 Å². The van der Waals surface area contributed by atoms with Crippen LogP contribution in [0.25, 0.3) is 110 Å². The molecule has 0 aliphatic heterocycles. The molecule has 0 bridgehead atoms.